The molecule has 2 rings (SSSR count). The Morgan fingerprint density at radius 1 is 1.19 bits per heavy atom. The molecule has 1 heterocycles. The lowest BCUT2D eigenvalue weighted by atomic mass is 10.0. The quantitative estimate of drug-likeness (QED) is 0.698. The number of amides is 2. The van der Waals surface area contributed by atoms with Gasteiger partial charge in [-0.25, -0.2) is 4.79 Å². The largest absolute Gasteiger partial charge is 0.452 e. The number of aryl methyl sites for hydroxylation is 1. The fraction of sp³-hybridized carbons (Fsp3) is 0.550. The zero-order valence-corrected chi connectivity index (χ0v) is 15.8. The summed E-state index contributed by atoms with van der Waals surface area (Å²) in [6.45, 7) is 6.02. The molecule has 2 N–H and O–H groups in total. The van der Waals surface area contributed by atoms with Gasteiger partial charge in [0.25, 0.3) is 5.91 Å². The smallest absolute Gasteiger partial charge is 0.338 e. The Hall–Kier alpha value is -2.37. The zero-order valence-electron chi connectivity index (χ0n) is 15.8. The van der Waals surface area contributed by atoms with Crippen LogP contribution in [0, 0.1) is 5.92 Å². The molecule has 0 fully saturated rings. The molecule has 0 radical (unpaired) electrons. The second-order valence-electron chi connectivity index (χ2n) is 7.29. The fourth-order valence-corrected chi connectivity index (χ4v) is 2.95. The summed E-state index contributed by atoms with van der Waals surface area (Å²) in [6, 6.07) is 5.06. The third-order valence-corrected chi connectivity index (χ3v) is 4.40. The van der Waals surface area contributed by atoms with Gasteiger partial charge in [-0.2, -0.15) is 0 Å². The van der Waals surface area contributed by atoms with Crippen LogP contribution < -0.4 is 10.6 Å². The molecule has 2 amide bonds. The third kappa shape index (κ3) is 6.17. The Labute approximate surface area is 154 Å². The van der Waals surface area contributed by atoms with Crippen molar-refractivity contribution in [3.63, 3.8) is 0 Å². The summed E-state index contributed by atoms with van der Waals surface area (Å²) in [5.74, 6) is -0.191. The molecule has 142 valence electrons. The van der Waals surface area contributed by atoms with Crippen LogP contribution in [0.5, 0.6) is 0 Å². The van der Waals surface area contributed by atoms with Gasteiger partial charge in [0.15, 0.2) is 6.61 Å². The lowest BCUT2D eigenvalue weighted by Crippen LogP contribution is -2.35. The average Bonchev–Trinajstić information content (AvgIpc) is 2.58. The van der Waals surface area contributed by atoms with Crippen LogP contribution >= 0.6 is 0 Å². The molecule has 1 aromatic rings. The molecule has 0 aromatic heterocycles. The number of benzene rings is 1. The average molecular weight is 360 g/mol. The van der Waals surface area contributed by atoms with Crippen LogP contribution in [0.15, 0.2) is 18.2 Å². The molecule has 1 aromatic carbocycles. The van der Waals surface area contributed by atoms with Crippen molar-refractivity contribution in [3.05, 3.63) is 29.3 Å². The first-order valence-electron chi connectivity index (χ1n) is 9.24. The molecule has 1 atom stereocenters. The Balaban J connectivity index is 1.77. The zero-order chi connectivity index (χ0) is 19.1. The number of carbonyl (C=O) groups excluding carboxylic acids is 3. The van der Waals surface area contributed by atoms with Crippen molar-refractivity contribution >= 4 is 23.5 Å². The van der Waals surface area contributed by atoms with E-state index in [2.05, 4.69) is 24.5 Å². The van der Waals surface area contributed by atoms with E-state index in [9.17, 15) is 14.4 Å². The van der Waals surface area contributed by atoms with Crippen LogP contribution in [0.4, 0.5) is 5.69 Å². The topological polar surface area (TPSA) is 84.5 Å². The summed E-state index contributed by atoms with van der Waals surface area (Å²) in [5.41, 5.74) is 2.02. The van der Waals surface area contributed by atoms with Gasteiger partial charge in [0.1, 0.15) is 0 Å². The minimum absolute atomic E-state index is 0.0213. The molecule has 1 aliphatic rings. The van der Waals surface area contributed by atoms with E-state index in [0.29, 0.717) is 24.3 Å². The highest BCUT2D eigenvalue weighted by Crippen LogP contribution is 2.23. The van der Waals surface area contributed by atoms with Crippen LogP contribution in [0.2, 0.25) is 0 Å². The highest BCUT2D eigenvalue weighted by molar-refractivity contribution is 5.96. The summed E-state index contributed by atoms with van der Waals surface area (Å²) in [6.07, 6.45) is 4.10. The highest BCUT2D eigenvalue weighted by Gasteiger charge is 2.18. The Kier molecular flexibility index (Phi) is 7.18. The molecule has 0 bridgehead atoms. The number of fused-ring (bicyclic) bond motifs is 1. The molecular formula is C20H28N2O4. The molecule has 6 heteroatoms. The van der Waals surface area contributed by atoms with Gasteiger partial charge in [-0.1, -0.05) is 26.7 Å². The standard InChI is InChI=1S/C20H28N2O4/c1-13(2)5-4-6-14(3)21-19(24)12-26-20(25)16-7-9-17-15(11-16)8-10-18(23)22-17/h7,9,11,13-14H,4-6,8,10,12H2,1-3H3,(H,21,24)(H,22,23). The number of rotatable bonds is 8. The van der Waals surface area contributed by atoms with E-state index in [1.165, 1.54) is 0 Å². The van der Waals surface area contributed by atoms with Gasteiger partial charge in [-0.3, -0.25) is 9.59 Å². The first kappa shape index (κ1) is 19.9. The first-order valence-corrected chi connectivity index (χ1v) is 9.24. The Morgan fingerprint density at radius 2 is 1.96 bits per heavy atom. The molecule has 0 spiro atoms. The normalized spacial score (nSPS) is 14.4. The molecule has 26 heavy (non-hydrogen) atoms. The number of ether oxygens (including phenoxy) is 1. The van der Waals surface area contributed by atoms with Gasteiger partial charge in [0.2, 0.25) is 5.91 Å². The van der Waals surface area contributed by atoms with Crippen molar-refractivity contribution < 1.29 is 19.1 Å². The van der Waals surface area contributed by atoms with Crippen LogP contribution in [0.1, 0.15) is 62.4 Å². The monoisotopic (exact) mass is 360 g/mol. The van der Waals surface area contributed by atoms with Gasteiger partial charge < -0.3 is 15.4 Å². The van der Waals surface area contributed by atoms with Gasteiger partial charge in [0.05, 0.1) is 5.56 Å². The van der Waals surface area contributed by atoms with Crippen molar-refractivity contribution in [2.24, 2.45) is 5.92 Å². The van der Waals surface area contributed by atoms with Crippen molar-refractivity contribution in [2.45, 2.75) is 58.9 Å². The summed E-state index contributed by atoms with van der Waals surface area (Å²) < 4.78 is 5.11. The minimum Gasteiger partial charge on any atom is -0.452 e. The maximum atomic E-state index is 12.1. The number of esters is 1. The third-order valence-electron chi connectivity index (χ3n) is 4.40. The van der Waals surface area contributed by atoms with E-state index in [0.717, 1.165) is 30.5 Å². The second-order valence-corrected chi connectivity index (χ2v) is 7.29. The molecule has 0 aliphatic carbocycles. The van der Waals surface area contributed by atoms with Crippen molar-refractivity contribution in [1.82, 2.24) is 5.32 Å². The predicted octanol–water partition coefficient (Wildman–Crippen LogP) is 3.06. The Morgan fingerprint density at radius 3 is 2.69 bits per heavy atom. The van der Waals surface area contributed by atoms with Crippen molar-refractivity contribution in [3.8, 4) is 0 Å². The second kappa shape index (κ2) is 9.36. The number of nitrogens with one attached hydrogen (secondary N) is 2. The van der Waals surface area contributed by atoms with Gasteiger partial charge >= 0.3 is 5.97 Å². The molecular weight excluding hydrogens is 332 g/mol. The maximum Gasteiger partial charge on any atom is 0.338 e. The Bertz CT molecular complexity index is 670. The van der Waals surface area contributed by atoms with E-state index in [4.69, 9.17) is 4.74 Å². The fourth-order valence-electron chi connectivity index (χ4n) is 2.95. The molecule has 6 nitrogen and oxygen atoms in total. The molecule has 0 saturated carbocycles. The molecule has 1 aliphatic heterocycles. The van der Waals surface area contributed by atoms with E-state index in [1.807, 2.05) is 6.92 Å². The van der Waals surface area contributed by atoms with Crippen LogP contribution in [0.25, 0.3) is 0 Å². The van der Waals surface area contributed by atoms with Crippen molar-refractivity contribution in [2.75, 3.05) is 11.9 Å². The van der Waals surface area contributed by atoms with Gasteiger partial charge in [-0.05, 0) is 49.4 Å². The SMILES string of the molecule is CC(C)CCCC(C)NC(=O)COC(=O)c1ccc2c(c1)CCC(=O)N2. The summed E-state index contributed by atoms with van der Waals surface area (Å²) >= 11 is 0. The van der Waals surface area contributed by atoms with Crippen LogP contribution in [0.3, 0.4) is 0 Å². The van der Waals surface area contributed by atoms with E-state index < -0.39 is 5.97 Å². The lowest BCUT2D eigenvalue weighted by molar-refractivity contribution is -0.124. The van der Waals surface area contributed by atoms with E-state index in [-0.39, 0.29) is 24.5 Å². The number of hydrogen-bond acceptors (Lipinski definition) is 4. The first-order chi connectivity index (χ1) is 12.3. The van der Waals surface area contributed by atoms with Crippen molar-refractivity contribution in [1.29, 1.82) is 0 Å². The number of anilines is 1. The summed E-state index contributed by atoms with van der Waals surface area (Å²) in [7, 11) is 0. The van der Waals surface area contributed by atoms with Crippen LogP contribution in [-0.4, -0.2) is 30.4 Å². The number of hydrogen-bond donors (Lipinski definition) is 2. The highest BCUT2D eigenvalue weighted by atomic mass is 16.5. The van der Waals surface area contributed by atoms with E-state index in [1.54, 1.807) is 18.2 Å². The maximum absolute atomic E-state index is 12.1. The van der Waals surface area contributed by atoms with E-state index >= 15 is 0 Å². The van der Waals surface area contributed by atoms with Gasteiger partial charge in [-0.15, -0.1) is 0 Å². The minimum atomic E-state index is -0.535. The molecule has 1 unspecified atom stereocenters. The molecule has 0 saturated heterocycles. The summed E-state index contributed by atoms with van der Waals surface area (Å²) in [4.78, 5) is 35.4. The lowest BCUT2D eigenvalue weighted by Gasteiger charge is -2.17. The predicted molar refractivity (Wildman–Crippen MR) is 100.0 cm³/mol. The number of carbonyl (C=O) groups is 3. The van der Waals surface area contributed by atoms with Crippen LogP contribution in [-0.2, 0) is 20.7 Å². The summed E-state index contributed by atoms with van der Waals surface area (Å²) in [5, 5.41) is 5.62. The van der Waals surface area contributed by atoms with Gasteiger partial charge in [0, 0.05) is 18.2 Å².